The molecule has 0 saturated heterocycles. The van der Waals surface area contributed by atoms with Crippen LogP contribution in [-0.2, 0) is 14.3 Å². The summed E-state index contributed by atoms with van der Waals surface area (Å²) < 4.78 is 42.1. The molecule has 0 fully saturated rings. The normalized spacial score (nSPS) is 14.2. The highest BCUT2D eigenvalue weighted by molar-refractivity contribution is 6.30. The summed E-state index contributed by atoms with van der Waals surface area (Å²) in [5, 5.41) is 11.9. The van der Waals surface area contributed by atoms with Crippen molar-refractivity contribution in [1.29, 1.82) is 0 Å². The van der Waals surface area contributed by atoms with E-state index in [-0.39, 0.29) is 5.69 Å². The summed E-state index contributed by atoms with van der Waals surface area (Å²) in [4.78, 5) is 22.7. The molecule has 21 heavy (non-hydrogen) atoms. The van der Waals surface area contributed by atoms with Crippen molar-refractivity contribution >= 4 is 29.2 Å². The van der Waals surface area contributed by atoms with Crippen LogP contribution in [0.1, 0.15) is 6.42 Å². The van der Waals surface area contributed by atoms with Crippen LogP contribution >= 0.6 is 11.6 Å². The number of halogens is 4. The van der Waals surface area contributed by atoms with Crippen molar-refractivity contribution in [2.24, 2.45) is 0 Å². The molecule has 0 bridgehead atoms. The third kappa shape index (κ3) is 4.08. The fourth-order valence-corrected chi connectivity index (χ4v) is 1.55. The highest BCUT2D eigenvalue weighted by atomic mass is 35.5. The Labute approximate surface area is 122 Å². The van der Waals surface area contributed by atoms with Gasteiger partial charge in [-0.1, -0.05) is 11.6 Å². The highest BCUT2D eigenvalue weighted by Gasteiger charge is 2.61. The first-order valence-electron chi connectivity index (χ1n) is 5.53. The number of rotatable bonds is 4. The summed E-state index contributed by atoms with van der Waals surface area (Å²) >= 11 is 5.61. The first-order valence-corrected chi connectivity index (χ1v) is 5.91. The fraction of sp³-hybridized carbons (Fsp3) is 0.333. The smallest absolute Gasteiger partial charge is 0.428 e. The predicted octanol–water partition coefficient (Wildman–Crippen LogP) is 2.13. The molecule has 0 heterocycles. The van der Waals surface area contributed by atoms with Gasteiger partial charge in [0.15, 0.2) is 0 Å². The van der Waals surface area contributed by atoms with Crippen molar-refractivity contribution in [3.63, 3.8) is 0 Å². The Balaban J connectivity index is 2.87. The SMILES string of the molecule is COC(=O)C(O)(CC(=O)Nc1ccc(Cl)cc1)C(F)(F)F. The van der Waals surface area contributed by atoms with Crippen LogP contribution < -0.4 is 5.32 Å². The van der Waals surface area contributed by atoms with Gasteiger partial charge < -0.3 is 15.2 Å². The summed E-state index contributed by atoms with van der Waals surface area (Å²) in [5.74, 6) is -3.16. The third-order valence-electron chi connectivity index (χ3n) is 2.54. The van der Waals surface area contributed by atoms with E-state index in [0.717, 1.165) is 0 Å². The lowest BCUT2D eigenvalue weighted by atomic mass is 9.98. The van der Waals surface area contributed by atoms with Crippen molar-refractivity contribution in [3.05, 3.63) is 29.3 Å². The van der Waals surface area contributed by atoms with Gasteiger partial charge in [0.05, 0.1) is 13.5 Å². The maximum absolute atomic E-state index is 12.7. The van der Waals surface area contributed by atoms with E-state index in [1.807, 2.05) is 0 Å². The van der Waals surface area contributed by atoms with Gasteiger partial charge in [0.1, 0.15) is 0 Å². The Kier molecular flexibility index (Phi) is 5.19. The number of ether oxygens (including phenoxy) is 1. The number of esters is 1. The molecular formula is C12H11ClF3NO4. The maximum Gasteiger partial charge on any atom is 0.428 e. The van der Waals surface area contributed by atoms with E-state index in [1.165, 1.54) is 24.3 Å². The molecule has 5 nitrogen and oxygen atoms in total. The Morgan fingerprint density at radius 3 is 2.24 bits per heavy atom. The number of aliphatic hydroxyl groups is 1. The lowest BCUT2D eigenvalue weighted by molar-refractivity contribution is -0.261. The second-order valence-corrected chi connectivity index (χ2v) is 4.52. The van der Waals surface area contributed by atoms with Gasteiger partial charge in [-0.2, -0.15) is 13.2 Å². The van der Waals surface area contributed by atoms with Crippen LogP contribution in [0.3, 0.4) is 0 Å². The number of amides is 1. The van der Waals surface area contributed by atoms with Crippen LogP contribution in [0.4, 0.5) is 18.9 Å². The van der Waals surface area contributed by atoms with Gasteiger partial charge in [0, 0.05) is 10.7 Å². The number of carbonyl (C=O) groups is 2. The quantitative estimate of drug-likeness (QED) is 0.832. The number of anilines is 1. The van der Waals surface area contributed by atoms with Gasteiger partial charge in [0.25, 0.3) is 5.60 Å². The summed E-state index contributed by atoms with van der Waals surface area (Å²) in [7, 11) is 0.677. The molecule has 1 aromatic rings. The molecule has 2 N–H and O–H groups in total. The summed E-state index contributed by atoms with van der Waals surface area (Å²) in [6.07, 6.45) is -6.87. The maximum atomic E-state index is 12.7. The molecule has 9 heteroatoms. The second kappa shape index (κ2) is 6.31. The molecule has 0 aliphatic carbocycles. The Hall–Kier alpha value is -1.80. The zero-order valence-corrected chi connectivity index (χ0v) is 11.5. The monoisotopic (exact) mass is 325 g/mol. The number of carbonyl (C=O) groups excluding carboxylic acids is 2. The van der Waals surface area contributed by atoms with Crippen molar-refractivity contribution in [3.8, 4) is 0 Å². The second-order valence-electron chi connectivity index (χ2n) is 4.08. The highest BCUT2D eigenvalue weighted by Crippen LogP contribution is 2.34. The number of nitrogens with one attached hydrogen (secondary N) is 1. The van der Waals surface area contributed by atoms with Crippen LogP contribution in [-0.4, -0.2) is 35.9 Å². The van der Waals surface area contributed by atoms with Crippen LogP contribution in [0.15, 0.2) is 24.3 Å². The van der Waals surface area contributed by atoms with Gasteiger partial charge in [-0.3, -0.25) is 4.79 Å². The molecule has 0 radical (unpaired) electrons. The van der Waals surface area contributed by atoms with E-state index in [9.17, 15) is 27.9 Å². The number of methoxy groups -OCH3 is 1. The predicted molar refractivity (Wildman–Crippen MR) is 67.7 cm³/mol. The minimum absolute atomic E-state index is 0.166. The minimum atomic E-state index is -5.35. The Bertz CT molecular complexity index is 532. The molecule has 1 aromatic carbocycles. The average Bonchev–Trinajstić information content (AvgIpc) is 2.38. The van der Waals surface area contributed by atoms with E-state index < -0.39 is 30.1 Å². The summed E-state index contributed by atoms with van der Waals surface area (Å²) in [5.41, 5.74) is -3.74. The van der Waals surface area contributed by atoms with E-state index in [1.54, 1.807) is 0 Å². The van der Waals surface area contributed by atoms with Crippen molar-refractivity contribution in [2.45, 2.75) is 18.2 Å². The molecule has 0 saturated carbocycles. The first-order chi connectivity index (χ1) is 9.60. The first kappa shape index (κ1) is 17.3. The minimum Gasteiger partial charge on any atom is -0.467 e. The number of hydrogen-bond acceptors (Lipinski definition) is 4. The van der Waals surface area contributed by atoms with E-state index >= 15 is 0 Å². The van der Waals surface area contributed by atoms with Crippen LogP contribution in [0, 0.1) is 0 Å². The van der Waals surface area contributed by atoms with Gasteiger partial charge in [0.2, 0.25) is 5.91 Å². The molecule has 1 atom stereocenters. The number of benzene rings is 1. The topological polar surface area (TPSA) is 75.6 Å². The zero-order valence-electron chi connectivity index (χ0n) is 10.7. The van der Waals surface area contributed by atoms with Crippen molar-refractivity contribution in [1.82, 2.24) is 0 Å². The van der Waals surface area contributed by atoms with Gasteiger partial charge >= 0.3 is 12.1 Å². The standard InChI is InChI=1S/C12H11ClF3NO4/c1-21-10(19)11(20,12(14,15)16)6-9(18)17-8-4-2-7(13)3-5-8/h2-5,20H,6H2,1H3,(H,17,18). The molecule has 116 valence electrons. The average molecular weight is 326 g/mol. The summed E-state index contributed by atoms with van der Waals surface area (Å²) in [6.45, 7) is 0. The van der Waals surface area contributed by atoms with Crippen LogP contribution in [0.25, 0.3) is 0 Å². The number of hydrogen-bond donors (Lipinski definition) is 2. The largest absolute Gasteiger partial charge is 0.467 e. The molecule has 1 rings (SSSR count). The number of alkyl halides is 3. The van der Waals surface area contributed by atoms with Crippen molar-refractivity contribution < 1.29 is 32.6 Å². The van der Waals surface area contributed by atoms with E-state index in [4.69, 9.17) is 11.6 Å². The zero-order chi connectivity index (χ0) is 16.3. The summed E-state index contributed by atoms with van der Waals surface area (Å²) in [6, 6.07) is 5.52. The van der Waals surface area contributed by atoms with Crippen molar-refractivity contribution in [2.75, 3.05) is 12.4 Å². The van der Waals surface area contributed by atoms with Crippen LogP contribution in [0.2, 0.25) is 5.02 Å². The fourth-order valence-electron chi connectivity index (χ4n) is 1.43. The molecule has 1 amide bonds. The van der Waals surface area contributed by atoms with Gasteiger partial charge in [-0.25, -0.2) is 4.79 Å². The van der Waals surface area contributed by atoms with Crippen LogP contribution in [0.5, 0.6) is 0 Å². The third-order valence-corrected chi connectivity index (χ3v) is 2.79. The lowest BCUT2D eigenvalue weighted by Gasteiger charge is -2.26. The Morgan fingerprint density at radius 2 is 1.81 bits per heavy atom. The molecule has 1 unspecified atom stereocenters. The van der Waals surface area contributed by atoms with E-state index in [2.05, 4.69) is 10.1 Å². The lowest BCUT2D eigenvalue weighted by Crippen LogP contribution is -2.54. The molecule has 0 spiro atoms. The van der Waals surface area contributed by atoms with Gasteiger partial charge in [-0.15, -0.1) is 0 Å². The molecule has 0 aliphatic heterocycles. The molecule has 0 aliphatic rings. The van der Waals surface area contributed by atoms with E-state index in [0.29, 0.717) is 12.1 Å². The molecular weight excluding hydrogens is 315 g/mol. The Morgan fingerprint density at radius 1 is 1.29 bits per heavy atom. The molecule has 0 aromatic heterocycles. The van der Waals surface area contributed by atoms with Gasteiger partial charge in [-0.05, 0) is 24.3 Å².